The fourth-order valence-electron chi connectivity index (χ4n) is 0.242. The van der Waals surface area contributed by atoms with E-state index in [0.29, 0.717) is 0 Å². The van der Waals surface area contributed by atoms with E-state index in [4.69, 9.17) is 5.21 Å². The Balaban J connectivity index is 3.60. The molecule has 0 aliphatic rings. The molecule has 5 nitrogen and oxygen atoms in total. The number of esters is 1. The summed E-state index contributed by atoms with van der Waals surface area (Å²) in [6, 6.07) is 0. The molecule has 0 aromatic heterocycles. The van der Waals surface area contributed by atoms with Gasteiger partial charge < -0.3 is 4.74 Å². The van der Waals surface area contributed by atoms with Gasteiger partial charge in [-0.05, 0) is 6.92 Å². The molecule has 0 unspecified atom stereocenters. The zero-order valence-corrected chi connectivity index (χ0v) is 4.88. The van der Waals surface area contributed by atoms with E-state index >= 15 is 0 Å². The maximum absolute atomic E-state index is 10.2. The number of carbonyl (C=O) groups excluding carboxylic acids is 2. The first kappa shape index (κ1) is 7.90. The lowest BCUT2D eigenvalue weighted by atomic mass is 10.6. The summed E-state index contributed by atoms with van der Waals surface area (Å²) in [6.45, 7) is 1.68. The van der Waals surface area contributed by atoms with Crippen molar-refractivity contribution in [2.75, 3.05) is 6.61 Å². The van der Waals surface area contributed by atoms with Crippen molar-refractivity contribution >= 4 is 11.9 Å². The molecule has 0 aliphatic heterocycles. The average Bonchev–Trinajstić information content (AvgIpc) is 1.87. The van der Waals surface area contributed by atoms with Crippen molar-refractivity contribution in [3.8, 4) is 0 Å². The van der Waals surface area contributed by atoms with Gasteiger partial charge in [-0.2, -0.15) is 0 Å². The van der Waals surface area contributed by atoms with E-state index in [9.17, 15) is 9.59 Å². The van der Waals surface area contributed by atoms with Gasteiger partial charge >= 0.3 is 11.9 Å². The van der Waals surface area contributed by atoms with E-state index in [1.807, 2.05) is 0 Å². The molecule has 0 spiro atoms. The van der Waals surface area contributed by atoms with E-state index in [1.54, 1.807) is 6.92 Å². The van der Waals surface area contributed by atoms with E-state index in [1.165, 1.54) is 0 Å². The average molecular weight is 133 g/mol. The Labute approximate surface area is 51.6 Å². The van der Waals surface area contributed by atoms with Crippen molar-refractivity contribution < 1.29 is 19.5 Å². The third kappa shape index (κ3) is 2.65. The molecule has 9 heavy (non-hydrogen) atoms. The molecule has 52 valence electrons. The topological polar surface area (TPSA) is 75.6 Å². The zero-order chi connectivity index (χ0) is 7.28. The van der Waals surface area contributed by atoms with Gasteiger partial charge in [0.25, 0.3) is 0 Å². The van der Waals surface area contributed by atoms with Gasteiger partial charge in [0.15, 0.2) is 0 Å². The molecule has 0 aliphatic carbocycles. The summed E-state index contributed by atoms with van der Waals surface area (Å²) in [4.78, 5) is 20.2. The molecule has 0 saturated carbocycles. The smallest absolute Gasteiger partial charge is 0.399 e. The van der Waals surface area contributed by atoms with Gasteiger partial charge in [0.2, 0.25) is 0 Å². The minimum absolute atomic E-state index is 0.117. The van der Waals surface area contributed by atoms with Gasteiger partial charge in [0, 0.05) is 0 Å². The van der Waals surface area contributed by atoms with E-state index in [2.05, 4.69) is 4.74 Å². The first-order chi connectivity index (χ1) is 4.22. The van der Waals surface area contributed by atoms with E-state index in [0.717, 1.165) is 5.48 Å². The predicted molar refractivity (Wildman–Crippen MR) is 26.6 cm³/mol. The summed E-state index contributed by atoms with van der Waals surface area (Å²) in [6.07, 6.45) is 0. The third-order valence-electron chi connectivity index (χ3n) is 0.562. The highest BCUT2D eigenvalue weighted by molar-refractivity contribution is 6.32. The second-order valence-corrected chi connectivity index (χ2v) is 1.16. The molecule has 0 aromatic rings. The van der Waals surface area contributed by atoms with Gasteiger partial charge in [-0.3, -0.25) is 10.0 Å². The van der Waals surface area contributed by atoms with Crippen LogP contribution in [-0.2, 0) is 14.3 Å². The van der Waals surface area contributed by atoms with Crippen molar-refractivity contribution in [1.82, 2.24) is 5.48 Å². The first-order valence-electron chi connectivity index (χ1n) is 2.33. The summed E-state index contributed by atoms with van der Waals surface area (Å²) < 4.78 is 4.18. The molecule has 0 atom stereocenters. The maximum atomic E-state index is 10.2. The lowest BCUT2D eigenvalue weighted by molar-refractivity contribution is -0.158. The Bertz CT molecular complexity index is 122. The van der Waals surface area contributed by atoms with Gasteiger partial charge in [0.05, 0.1) is 6.61 Å². The summed E-state index contributed by atoms with van der Waals surface area (Å²) in [7, 11) is 0. The van der Waals surface area contributed by atoms with Crippen molar-refractivity contribution in [2.24, 2.45) is 0 Å². The standard InChI is InChI=1S/C4H7NO4/c1-2-9-4(7)3(6)5-8/h8H,2H2,1H3,(H,5,6). The summed E-state index contributed by atoms with van der Waals surface area (Å²) in [5, 5.41) is 7.83. The zero-order valence-electron chi connectivity index (χ0n) is 4.88. The SMILES string of the molecule is CCOC(=O)C(=O)NO. The molecule has 0 saturated heterocycles. The molecular formula is C4H7NO4. The number of nitrogens with one attached hydrogen (secondary N) is 1. The Morgan fingerprint density at radius 2 is 2.22 bits per heavy atom. The number of hydrogen-bond donors (Lipinski definition) is 2. The van der Waals surface area contributed by atoms with Crippen LogP contribution in [0.25, 0.3) is 0 Å². The fraction of sp³-hybridized carbons (Fsp3) is 0.500. The number of carbonyl (C=O) groups is 2. The molecule has 0 fully saturated rings. The number of ether oxygens (including phenoxy) is 1. The van der Waals surface area contributed by atoms with Gasteiger partial charge in [-0.25, -0.2) is 10.3 Å². The minimum Gasteiger partial charge on any atom is -0.459 e. The Morgan fingerprint density at radius 3 is 2.56 bits per heavy atom. The van der Waals surface area contributed by atoms with E-state index < -0.39 is 11.9 Å². The largest absolute Gasteiger partial charge is 0.459 e. The lowest BCUT2D eigenvalue weighted by Gasteiger charge is -1.96. The van der Waals surface area contributed by atoms with Gasteiger partial charge in [-0.15, -0.1) is 0 Å². The number of hydrogen-bond acceptors (Lipinski definition) is 4. The molecule has 0 rings (SSSR count). The monoisotopic (exact) mass is 133 g/mol. The number of hydroxylamine groups is 1. The van der Waals surface area contributed by atoms with Crippen molar-refractivity contribution in [3.63, 3.8) is 0 Å². The van der Waals surface area contributed by atoms with Crippen molar-refractivity contribution in [1.29, 1.82) is 0 Å². The minimum atomic E-state index is -1.16. The van der Waals surface area contributed by atoms with Crippen LogP contribution < -0.4 is 5.48 Å². The summed E-state index contributed by atoms with van der Waals surface area (Å²) >= 11 is 0. The van der Waals surface area contributed by atoms with E-state index in [-0.39, 0.29) is 6.61 Å². The molecule has 0 aromatic carbocycles. The van der Waals surface area contributed by atoms with Crippen LogP contribution in [0.5, 0.6) is 0 Å². The molecule has 0 radical (unpaired) electrons. The molecule has 5 heteroatoms. The van der Waals surface area contributed by atoms with Crippen LogP contribution in [-0.4, -0.2) is 23.7 Å². The quantitative estimate of drug-likeness (QED) is 0.209. The van der Waals surface area contributed by atoms with Gasteiger partial charge in [-0.1, -0.05) is 0 Å². The Morgan fingerprint density at radius 1 is 1.67 bits per heavy atom. The second-order valence-electron chi connectivity index (χ2n) is 1.16. The van der Waals surface area contributed by atoms with Crippen LogP contribution in [0.3, 0.4) is 0 Å². The Hall–Kier alpha value is -1.10. The van der Waals surface area contributed by atoms with Crippen LogP contribution in [0.1, 0.15) is 6.92 Å². The van der Waals surface area contributed by atoms with Crippen LogP contribution in [0.4, 0.5) is 0 Å². The van der Waals surface area contributed by atoms with Crippen LogP contribution in [0.2, 0.25) is 0 Å². The van der Waals surface area contributed by atoms with Crippen LogP contribution in [0.15, 0.2) is 0 Å². The lowest BCUT2D eigenvalue weighted by Crippen LogP contribution is -2.29. The maximum Gasteiger partial charge on any atom is 0.399 e. The number of rotatable bonds is 1. The predicted octanol–water partition coefficient (Wildman–Crippen LogP) is -0.945. The normalized spacial score (nSPS) is 8.22. The Kier molecular flexibility index (Phi) is 3.38. The first-order valence-corrected chi connectivity index (χ1v) is 2.33. The summed E-state index contributed by atoms with van der Waals surface area (Å²) in [5.41, 5.74) is 1.14. The highest BCUT2D eigenvalue weighted by Crippen LogP contribution is 1.75. The van der Waals surface area contributed by atoms with Crippen LogP contribution >= 0.6 is 0 Å². The molecule has 0 bridgehead atoms. The fourth-order valence-corrected chi connectivity index (χ4v) is 0.242. The molecule has 0 heterocycles. The molecule has 1 amide bonds. The van der Waals surface area contributed by atoms with Crippen molar-refractivity contribution in [2.45, 2.75) is 6.92 Å². The number of amides is 1. The third-order valence-corrected chi connectivity index (χ3v) is 0.562. The van der Waals surface area contributed by atoms with Crippen LogP contribution in [0, 0.1) is 0 Å². The second kappa shape index (κ2) is 3.85. The molecular weight excluding hydrogens is 126 g/mol. The van der Waals surface area contributed by atoms with Crippen molar-refractivity contribution in [3.05, 3.63) is 0 Å². The highest BCUT2D eigenvalue weighted by atomic mass is 16.5. The highest BCUT2D eigenvalue weighted by Gasteiger charge is 2.11. The summed E-state index contributed by atoms with van der Waals surface area (Å²) in [5.74, 6) is -2.24. The van der Waals surface area contributed by atoms with Gasteiger partial charge in [0.1, 0.15) is 0 Å². The molecule has 2 N–H and O–H groups in total.